The molecule has 1 heterocycles. The van der Waals surface area contributed by atoms with E-state index in [9.17, 15) is 22.8 Å². The molecule has 2 aromatic carbocycles. The third kappa shape index (κ3) is 4.44. The van der Waals surface area contributed by atoms with E-state index in [2.05, 4.69) is 0 Å². The molecular formula is C20H19F3N2O3. The van der Waals surface area contributed by atoms with Crippen LogP contribution in [0.3, 0.4) is 0 Å². The molecule has 1 aliphatic heterocycles. The number of nitrogens with zero attached hydrogens (tertiary/aromatic N) is 2. The first kappa shape index (κ1) is 19.7. The number of benzene rings is 2. The molecule has 5 nitrogen and oxygen atoms in total. The predicted molar refractivity (Wildman–Crippen MR) is 96.8 cm³/mol. The van der Waals surface area contributed by atoms with Gasteiger partial charge in [0.05, 0.1) is 11.3 Å². The molecule has 8 heteroatoms. The lowest BCUT2D eigenvalue weighted by molar-refractivity contribution is -0.137. The van der Waals surface area contributed by atoms with Crippen LogP contribution < -0.4 is 9.64 Å². The maximum absolute atomic E-state index is 12.6. The number of hydrogen-bond acceptors (Lipinski definition) is 3. The Morgan fingerprint density at radius 1 is 1.14 bits per heavy atom. The largest absolute Gasteiger partial charge is 0.482 e. The maximum atomic E-state index is 12.6. The summed E-state index contributed by atoms with van der Waals surface area (Å²) in [6.07, 6.45) is -4.29. The highest BCUT2D eigenvalue weighted by Gasteiger charge is 2.30. The molecule has 0 unspecified atom stereocenters. The van der Waals surface area contributed by atoms with Gasteiger partial charge in [-0.15, -0.1) is 0 Å². The Balaban J connectivity index is 1.58. The van der Waals surface area contributed by atoms with Crippen molar-refractivity contribution in [1.29, 1.82) is 0 Å². The van der Waals surface area contributed by atoms with Gasteiger partial charge in [0.25, 0.3) is 5.91 Å². The molecule has 2 aromatic rings. The van der Waals surface area contributed by atoms with Gasteiger partial charge >= 0.3 is 6.18 Å². The Kier molecular flexibility index (Phi) is 5.58. The van der Waals surface area contributed by atoms with Crippen LogP contribution in [0, 0.1) is 0 Å². The summed E-state index contributed by atoms with van der Waals surface area (Å²) in [6.45, 7) is 0.312. The number of halogens is 3. The van der Waals surface area contributed by atoms with Crippen LogP contribution in [-0.2, 0) is 22.3 Å². The number of rotatable bonds is 5. The SMILES string of the molecule is CN(Cc1ccc(C(F)(F)F)cc1)C(=O)CCN1C(=O)COc2ccccc21. The molecule has 0 aromatic heterocycles. The molecule has 0 radical (unpaired) electrons. The Labute approximate surface area is 160 Å². The topological polar surface area (TPSA) is 49.9 Å². The zero-order chi connectivity index (χ0) is 20.3. The summed E-state index contributed by atoms with van der Waals surface area (Å²) in [5.74, 6) is 0.154. The second-order valence-electron chi connectivity index (χ2n) is 6.50. The molecule has 28 heavy (non-hydrogen) atoms. The fourth-order valence-electron chi connectivity index (χ4n) is 2.96. The molecule has 0 fully saturated rings. The summed E-state index contributed by atoms with van der Waals surface area (Å²) in [5.41, 5.74) is 0.489. The quantitative estimate of drug-likeness (QED) is 0.783. The van der Waals surface area contributed by atoms with Gasteiger partial charge in [-0.25, -0.2) is 0 Å². The third-order valence-electron chi connectivity index (χ3n) is 4.48. The molecule has 2 amide bonds. The highest BCUT2D eigenvalue weighted by Crippen LogP contribution is 2.31. The predicted octanol–water partition coefficient (Wildman–Crippen LogP) is 3.48. The summed E-state index contributed by atoms with van der Waals surface area (Å²) >= 11 is 0. The van der Waals surface area contributed by atoms with Crippen LogP contribution in [0.15, 0.2) is 48.5 Å². The maximum Gasteiger partial charge on any atom is 0.416 e. The molecule has 3 rings (SSSR count). The first-order valence-corrected chi connectivity index (χ1v) is 8.68. The minimum Gasteiger partial charge on any atom is -0.482 e. The molecule has 1 aliphatic rings. The number of ether oxygens (including phenoxy) is 1. The number of alkyl halides is 3. The van der Waals surface area contributed by atoms with Crippen molar-refractivity contribution in [1.82, 2.24) is 4.90 Å². The summed E-state index contributed by atoms with van der Waals surface area (Å²) in [5, 5.41) is 0. The fourth-order valence-corrected chi connectivity index (χ4v) is 2.96. The molecule has 0 N–H and O–H groups in total. The van der Waals surface area contributed by atoms with Gasteiger partial charge in [0, 0.05) is 26.6 Å². The van der Waals surface area contributed by atoms with Crippen molar-refractivity contribution in [2.45, 2.75) is 19.1 Å². The Morgan fingerprint density at radius 3 is 2.50 bits per heavy atom. The monoisotopic (exact) mass is 392 g/mol. The smallest absolute Gasteiger partial charge is 0.416 e. The highest BCUT2D eigenvalue weighted by molar-refractivity contribution is 5.98. The second kappa shape index (κ2) is 7.92. The Morgan fingerprint density at radius 2 is 1.82 bits per heavy atom. The summed E-state index contributed by atoms with van der Waals surface area (Å²) in [7, 11) is 1.58. The summed E-state index contributed by atoms with van der Waals surface area (Å²) < 4.78 is 43.2. The van der Waals surface area contributed by atoms with Gasteiger partial charge in [-0.2, -0.15) is 13.2 Å². The first-order valence-electron chi connectivity index (χ1n) is 8.68. The Bertz CT molecular complexity index is 866. The molecular weight excluding hydrogens is 373 g/mol. The number of amides is 2. The van der Waals surface area contributed by atoms with Crippen molar-refractivity contribution >= 4 is 17.5 Å². The average molecular weight is 392 g/mol. The van der Waals surface area contributed by atoms with Crippen LogP contribution in [0.5, 0.6) is 5.75 Å². The molecule has 0 bridgehead atoms. The fraction of sp³-hybridized carbons (Fsp3) is 0.300. The number of hydrogen-bond donors (Lipinski definition) is 0. The summed E-state index contributed by atoms with van der Waals surface area (Å²) in [6, 6.07) is 11.8. The first-order chi connectivity index (χ1) is 13.3. The van der Waals surface area contributed by atoms with E-state index >= 15 is 0 Å². The van der Waals surface area contributed by atoms with Crippen molar-refractivity contribution in [3.8, 4) is 5.75 Å². The number of para-hydroxylation sites is 2. The van der Waals surface area contributed by atoms with E-state index in [1.807, 2.05) is 0 Å². The average Bonchev–Trinajstić information content (AvgIpc) is 2.66. The molecule has 0 spiro atoms. The third-order valence-corrected chi connectivity index (χ3v) is 4.48. The molecule has 0 aliphatic carbocycles. The zero-order valence-electron chi connectivity index (χ0n) is 15.2. The van der Waals surface area contributed by atoms with Crippen LogP contribution in [0.2, 0.25) is 0 Å². The molecule has 148 valence electrons. The van der Waals surface area contributed by atoms with Crippen LogP contribution in [0.1, 0.15) is 17.5 Å². The van der Waals surface area contributed by atoms with Gasteiger partial charge in [0.2, 0.25) is 5.91 Å². The van der Waals surface area contributed by atoms with Gasteiger partial charge in [-0.1, -0.05) is 24.3 Å². The zero-order valence-corrected chi connectivity index (χ0v) is 15.2. The van der Waals surface area contributed by atoms with Crippen LogP contribution in [0.25, 0.3) is 0 Å². The van der Waals surface area contributed by atoms with Gasteiger partial charge in [0.1, 0.15) is 5.75 Å². The molecule has 0 atom stereocenters. The number of fused-ring (bicyclic) bond motifs is 1. The van der Waals surface area contributed by atoms with Gasteiger partial charge < -0.3 is 14.5 Å². The number of carbonyl (C=O) groups is 2. The van der Waals surface area contributed by atoms with Crippen LogP contribution >= 0.6 is 0 Å². The van der Waals surface area contributed by atoms with E-state index in [-0.39, 0.29) is 37.9 Å². The molecule has 0 saturated heterocycles. The standard InChI is InChI=1S/C20H19F3N2O3/c1-24(12-14-6-8-15(9-7-14)20(21,22)23)18(26)10-11-25-16-4-2-3-5-17(16)28-13-19(25)27/h2-9H,10-13H2,1H3. The van der Waals surface area contributed by atoms with Crippen molar-refractivity contribution < 1.29 is 27.5 Å². The van der Waals surface area contributed by atoms with Crippen LogP contribution in [-0.4, -0.2) is 36.9 Å². The van der Waals surface area contributed by atoms with E-state index in [1.54, 1.807) is 31.3 Å². The van der Waals surface area contributed by atoms with Gasteiger partial charge in [-0.3, -0.25) is 9.59 Å². The lowest BCUT2D eigenvalue weighted by atomic mass is 10.1. The minimum absolute atomic E-state index is 0.0768. The van der Waals surface area contributed by atoms with E-state index in [0.717, 1.165) is 12.1 Å². The summed E-state index contributed by atoms with van der Waals surface area (Å²) in [4.78, 5) is 27.5. The number of anilines is 1. The lowest BCUT2D eigenvalue weighted by Crippen LogP contribution is -2.41. The molecule has 0 saturated carbocycles. The van der Waals surface area contributed by atoms with E-state index in [4.69, 9.17) is 4.74 Å². The highest BCUT2D eigenvalue weighted by atomic mass is 19.4. The minimum atomic E-state index is -4.39. The van der Waals surface area contributed by atoms with Crippen molar-refractivity contribution in [3.63, 3.8) is 0 Å². The van der Waals surface area contributed by atoms with E-state index in [1.165, 1.54) is 21.9 Å². The Hall–Kier alpha value is -3.03. The van der Waals surface area contributed by atoms with Crippen molar-refractivity contribution in [3.05, 3.63) is 59.7 Å². The van der Waals surface area contributed by atoms with Gasteiger partial charge in [-0.05, 0) is 29.8 Å². The van der Waals surface area contributed by atoms with Gasteiger partial charge in [0.15, 0.2) is 6.61 Å². The van der Waals surface area contributed by atoms with Crippen LogP contribution in [0.4, 0.5) is 18.9 Å². The van der Waals surface area contributed by atoms with E-state index in [0.29, 0.717) is 17.0 Å². The normalized spacial score (nSPS) is 13.7. The van der Waals surface area contributed by atoms with Crippen molar-refractivity contribution in [2.24, 2.45) is 0 Å². The van der Waals surface area contributed by atoms with Crippen molar-refractivity contribution in [2.75, 3.05) is 25.1 Å². The lowest BCUT2D eigenvalue weighted by Gasteiger charge is -2.29. The second-order valence-corrected chi connectivity index (χ2v) is 6.50. The number of carbonyl (C=O) groups excluding carboxylic acids is 2. The van der Waals surface area contributed by atoms with E-state index < -0.39 is 11.7 Å².